The molecular weight excluding hydrogens is 272 g/mol. The Morgan fingerprint density at radius 1 is 1.45 bits per heavy atom. The van der Waals surface area contributed by atoms with Gasteiger partial charge in [-0.2, -0.15) is 0 Å². The Labute approximate surface area is 135 Å². The first-order valence-corrected chi connectivity index (χ1v) is 8.82. The van der Waals surface area contributed by atoms with Crippen molar-refractivity contribution in [3.05, 3.63) is 11.6 Å². The molecule has 0 aromatic carbocycles. The summed E-state index contributed by atoms with van der Waals surface area (Å²) in [6, 6.07) is 0. The number of fused-ring (bicyclic) bond motifs is 1. The summed E-state index contributed by atoms with van der Waals surface area (Å²) in [6.07, 6.45) is 8.22. The maximum Gasteiger partial charge on any atom is 0.137 e. The molecule has 122 valence electrons. The number of ketones is 1. The van der Waals surface area contributed by atoms with E-state index in [2.05, 4.69) is 31.8 Å². The van der Waals surface area contributed by atoms with Gasteiger partial charge in [-0.15, -0.1) is 0 Å². The van der Waals surface area contributed by atoms with E-state index in [1.807, 2.05) is 13.8 Å². The quantitative estimate of drug-likeness (QED) is 0.622. The van der Waals surface area contributed by atoms with Crippen LogP contribution in [0, 0.1) is 29.1 Å². The maximum atomic E-state index is 12.2. The predicted molar refractivity (Wildman–Crippen MR) is 90.2 cm³/mol. The minimum atomic E-state index is -0.836. The predicted octanol–water partition coefficient (Wildman–Crippen LogP) is 4.27. The third-order valence-electron chi connectivity index (χ3n) is 5.94. The number of aliphatic hydroxyl groups is 1. The fraction of sp³-hybridized carbons (Fsp3) is 0.750. The number of carbonyl (C=O) groups is 1. The number of rotatable bonds is 4. The van der Waals surface area contributed by atoms with Crippen LogP contribution in [0.5, 0.6) is 0 Å². The summed E-state index contributed by atoms with van der Waals surface area (Å²) in [5.41, 5.74) is 0.649. The fourth-order valence-electron chi connectivity index (χ4n) is 4.22. The van der Waals surface area contributed by atoms with E-state index in [1.165, 1.54) is 5.57 Å². The highest BCUT2D eigenvalue weighted by molar-refractivity contribution is 5.84. The molecule has 0 spiro atoms. The zero-order valence-electron chi connectivity index (χ0n) is 14.5. The van der Waals surface area contributed by atoms with Gasteiger partial charge in [0.05, 0.1) is 0 Å². The van der Waals surface area contributed by atoms with Crippen LogP contribution in [0.3, 0.4) is 0 Å². The number of carbonyl (C=O) groups excluding carboxylic acids is 1. The lowest BCUT2D eigenvalue weighted by Crippen LogP contribution is -2.36. The molecule has 0 amide bonds. The summed E-state index contributed by atoms with van der Waals surface area (Å²) in [5, 5.41) is 10.2. The maximum absolute atomic E-state index is 12.2. The normalized spacial score (nSPS) is 29.4. The average molecular weight is 302 g/mol. The molecule has 22 heavy (non-hydrogen) atoms. The molecule has 0 bridgehead atoms. The van der Waals surface area contributed by atoms with Gasteiger partial charge in [-0.05, 0) is 43.4 Å². The van der Waals surface area contributed by atoms with Crippen LogP contribution in [-0.2, 0) is 4.79 Å². The molecule has 0 aliphatic heterocycles. The second kappa shape index (κ2) is 6.59. The highest BCUT2D eigenvalue weighted by Gasteiger charge is 2.47. The third-order valence-corrected chi connectivity index (χ3v) is 5.94. The van der Waals surface area contributed by atoms with Crippen LogP contribution >= 0.6 is 0 Å². The van der Waals surface area contributed by atoms with Crippen molar-refractivity contribution >= 4 is 5.78 Å². The summed E-state index contributed by atoms with van der Waals surface area (Å²) in [5.74, 6) is 7.28. The molecule has 0 saturated heterocycles. The van der Waals surface area contributed by atoms with Crippen LogP contribution in [0.4, 0.5) is 0 Å². The van der Waals surface area contributed by atoms with Gasteiger partial charge in [-0.25, -0.2) is 0 Å². The van der Waals surface area contributed by atoms with Gasteiger partial charge in [-0.3, -0.25) is 4.79 Å². The highest BCUT2D eigenvalue weighted by atomic mass is 16.3. The van der Waals surface area contributed by atoms with Crippen LogP contribution in [0.2, 0.25) is 0 Å². The van der Waals surface area contributed by atoms with Gasteiger partial charge in [0.25, 0.3) is 0 Å². The molecule has 3 atom stereocenters. The van der Waals surface area contributed by atoms with Gasteiger partial charge in [0, 0.05) is 18.8 Å². The summed E-state index contributed by atoms with van der Waals surface area (Å²) >= 11 is 0. The Hall–Kier alpha value is -1.07. The average Bonchev–Trinajstić information content (AvgIpc) is 2.85. The van der Waals surface area contributed by atoms with Gasteiger partial charge >= 0.3 is 0 Å². The highest BCUT2D eigenvalue weighted by Crippen LogP contribution is 2.53. The minimum absolute atomic E-state index is 0.0578. The summed E-state index contributed by atoms with van der Waals surface area (Å²) in [6.45, 7) is 8.43. The molecule has 0 radical (unpaired) electrons. The van der Waals surface area contributed by atoms with E-state index in [9.17, 15) is 9.90 Å². The van der Waals surface area contributed by atoms with Gasteiger partial charge < -0.3 is 5.11 Å². The van der Waals surface area contributed by atoms with Crippen molar-refractivity contribution in [1.82, 2.24) is 0 Å². The first kappa shape index (κ1) is 17.3. The van der Waals surface area contributed by atoms with Crippen molar-refractivity contribution in [1.29, 1.82) is 0 Å². The SMILES string of the molecule is CCC(O)(C#CC[C@@H](C)C1=CC[C@H]2C(=O)CCC[C@]12C)CC. The zero-order valence-corrected chi connectivity index (χ0v) is 14.5. The molecule has 0 aromatic heterocycles. The molecular formula is C20H30O2. The van der Waals surface area contributed by atoms with E-state index < -0.39 is 5.60 Å². The second-order valence-corrected chi connectivity index (χ2v) is 7.33. The lowest BCUT2D eigenvalue weighted by Gasteiger charge is -2.39. The van der Waals surface area contributed by atoms with E-state index in [1.54, 1.807) is 0 Å². The van der Waals surface area contributed by atoms with Crippen LogP contribution in [0.1, 0.15) is 72.6 Å². The first-order valence-electron chi connectivity index (χ1n) is 8.82. The van der Waals surface area contributed by atoms with Crippen molar-refractivity contribution < 1.29 is 9.90 Å². The Morgan fingerprint density at radius 2 is 2.14 bits per heavy atom. The molecule has 1 N–H and O–H groups in total. The van der Waals surface area contributed by atoms with Crippen molar-refractivity contribution in [2.75, 3.05) is 0 Å². The Kier molecular flexibility index (Phi) is 5.17. The van der Waals surface area contributed by atoms with Crippen molar-refractivity contribution in [3.8, 4) is 11.8 Å². The minimum Gasteiger partial charge on any atom is -0.378 e. The molecule has 1 saturated carbocycles. The standard InChI is InChI=1S/C20H30O2/c1-5-20(22,6-2)14-7-9-15(3)16-11-12-17-18(21)10-8-13-19(16,17)4/h11,15,17,22H,5-6,8-10,12-13H2,1-4H3/t15-,17+,19-/m1/s1. The van der Waals surface area contributed by atoms with Crippen LogP contribution in [0.15, 0.2) is 11.6 Å². The Morgan fingerprint density at radius 3 is 2.77 bits per heavy atom. The van der Waals surface area contributed by atoms with Gasteiger partial charge in [0.2, 0.25) is 0 Å². The molecule has 0 unspecified atom stereocenters. The topological polar surface area (TPSA) is 37.3 Å². The Balaban J connectivity index is 2.06. The molecule has 2 nitrogen and oxygen atoms in total. The molecule has 2 rings (SSSR count). The van der Waals surface area contributed by atoms with Gasteiger partial charge in [0.1, 0.15) is 11.4 Å². The molecule has 1 fully saturated rings. The van der Waals surface area contributed by atoms with E-state index in [4.69, 9.17) is 0 Å². The van der Waals surface area contributed by atoms with Gasteiger partial charge in [-0.1, -0.05) is 51.2 Å². The first-order chi connectivity index (χ1) is 10.4. The zero-order chi connectivity index (χ0) is 16.4. The number of hydrogen-bond acceptors (Lipinski definition) is 2. The van der Waals surface area contributed by atoms with Gasteiger partial charge in [0.15, 0.2) is 0 Å². The number of hydrogen-bond donors (Lipinski definition) is 1. The summed E-state index contributed by atoms with van der Waals surface area (Å²) in [4.78, 5) is 12.2. The van der Waals surface area contributed by atoms with E-state index in [0.29, 0.717) is 24.5 Å². The number of allylic oxidation sites excluding steroid dienone is 2. The van der Waals surface area contributed by atoms with Crippen LogP contribution < -0.4 is 0 Å². The molecule has 2 aliphatic carbocycles. The van der Waals surface area contributed by atoms with Crippen LogP contribution in [0.25, 0.3) is 0 Å². The molecule has 0 heterocycles. The Bertz CT molecular complexity index is 516. The fourth-order valence-corrected chi connectivity index (χ4v) is 4.22. The van der Waals surface area contributed by atoms with Crippen molar-refractivity contribution in [2.45, 2.75) is 78.2 Å². The monoisotopic (exact) mass is 302 g/mol. The number of Topliss-reactive ketones (excluding diaryl/α,β-unsaturated/α-hetero) is 1. The second-order valence-electron chi connectivity index (χ2n) is 7.33. The van der Waals surface area contributed by atoms with E-state index >= 15 is 0 Å². The summed E-state index contributed by atoms with van der Waals surface area (Å²) in [7, 11) is 0. The summed E-state index contributed by atoms with van der Waals surface area (Å²) < 4.78 is 0. The lowest BCUT2D eigenvalue weighted by molar-refractivity contribution is -0.128. The van der Waals surface area contributed by atoms with Crippen molar-refractivity contribution in [2.24, 2.45) is 17.3 Å². The van der Waals surface area contributed by atoms with E-state index in [-0.39, 0.29) is 11.3 Å². The smallest absolute Gasteiger partial charge is 0.137 e. The molecule has 2 heteroatoms. The molecule has 2 aliphatic rings. The third kappa shape index (κ3) is 3.15. The van der Waals surface area contributed by atoms with E-state index in [0.717, 1.165) is 32.1 Å². The van der Waals surface area contributed by atoms with Crippen molar-refractivity contribution in [3.63, 3.8) is 0 Å². The lowest BCUT2D eigenvalue weighted by atomic mass is 9.63. The largest absolute Gasteiger partial charge is 0.378 e. The molecule has 0 aromatic rings. The van der Waals surface area contributed by atoms with Crippen LogP contribution in [-0.4, -0.2) is 16.5 Å².